The monoisotopic (exact) mass is 355 g/mol. The number of nitrogens with one attached hydrogen (secondary N) is 1. The Labute approximate surface area is 154 Å². The van der Waals surface area contributed by atoms with Gasteiger partial charge in [0.05, 0.1) is 10.2 Å². The number of benzene rings is 1. The maximum Gasteiger partial charge on any atom is 0.101 e. The molecule has 4 heterocycles. The first kappa shape index (κ1) is 16.2. The van der Waals surface area contributed by atoms with Crippen molar-refractivity contribution in [2.75, 3.05) is 20.1 Å². The smallest absolute Gasteiger partial charge is 0.101 e. The Morgan fingerprint density at radius 2 is 2.04 bits per heavy atom. The van der Waals surface area contributed by atoms with Crippen LogP contribution in [0.25, 0.3) is 10.2 Å². The Bertz CT molecular complexity index is 767. The number of nitrogens with zero attached hydrogens (tertiary/aromatic N) is 2. The molecule has 4 heteroatoms. The van der Waals surface area contributed by atoms with E-state index in [0.29, 0.717) is 11.5 Å². The molecule has 4 aliphatic rings. The van der Waals surface area contributed by atoms with Crippen LogP contribution in [0, 0.1) is 5.92 Å². The second-order valence-corrected chi connectivity index (χ2v) is 9.85. The Hall–Kier alpha value is -0.970. The molecule has 2 bridgehead atoms. The molecule has 4 fully saturated rings. The van der Waals surface area contributed by atoms with Gasteiger partial charge >= 0.3 is 0 Å². The molecule has 1 aliphatic carbocycles. The molecule has 3 nitrogen and oxygen atoms in total. The second-order valence-electron chi connectivity index (χ2n) is 8.82. The molecule has 0 radical (unpaired) electrons. The van der Waals surface area contributed by atoms with Crippen LogP contribution < -0.4 is 5.32 Å². The third-order valence-corrected chi connectivity index (χ3v) is 8.30. The molecule has 25 heavy (non-hydrogen) atoms. The van der Waals surface area contributed by atoms with Crippen molar-refractivity contribution in [2.24, 2.45) is 5.92 Å². The minimum atomic E-state index is 0.325. The summed E-state index contributed by atoms with van der Waals surface area (Å²) in [4.78, 5) is 7.75. The van der Waals surface area contributed by atoms with Crippen molar-refractivity contribution in [2.45, 2.75) is 62.9 Å². The molecule has 1 aromatic carbocycles. The summed E-state index contributed by atoms with van der Waals surface area (Å²) in [6, 6.07) is 8.35. The maximum atomic E-state index is 5.17. The highest BCUT2D eigenvalue weighted by atomic mass is 32.1. The molecular weight excluding hydrogens is 326 g/mol. The van der Waals surface area contributed by atoms with E-state index in [2.05, 4.69) is 42.4 Å². The largest absolute Gasteiger partial charge is 0.310 e. The van der Waals surface area contributed by atoms with Crippen molar-refractivity contribution in [3.63, 3.8) is 0 Å². The zero-order chi connectivity index (χ0) is 17.0. The van der Waals surface area contributed by atoms with E-state index in [0.717, 1.165) is 18.5 Å². The summed E-state index contributed by atoms with van der Waals surface area (Å²) in [6.07, 6.45) is 7.94. The molecule has 6 rings (SSSR count). The fourth-order valence-electron chi connectivity index (χ4n) is 5.31. The fourth-order valence-corrected chi connectivity index (χ4v) is 6.50. The number of thiazole rings is 1. The number of likely N-dealkylation sites (N-methyl/N-ethyl adjacent to an activating group) is 1. The van der Waals surface area contributed by atoms with Crippen LogP contribution in [-0.2, 0) is 5.41 Å². The molecule has 134 valence electrons. The molecule has 1 N–H and O–H groups in total. The molecule has 0 spiro atoms. The van der Waals surface area contributed by atoms with Gasteiger partial charge in [0.25, 0.3) is 0 Å². The van der Waals surface area contributed by atoms with Gasteiger partial charge in [-0.2, -0.15) is 0 Å². The average molecular weight is 356 g/mol. The summed E-state index contributed by atoms with van der Waals surface area (Å²) in [6.45, 7) is 4.68. The summed E-state index contributed by atoms with van der Waals surface area (Å²) in [5.74, 6) is 0.809. The topological polar surface area (TPSA) is 28.2 Å². The van der Waals surface area contributed by atoms with Gasteiger partial charge in [-0.3, -0.25) is 0 Å². The van der Waals surface area contributed by atoms with Gasteiger partial charge in [0.15, 0.2) is 0 Å². The van der Waals surface area contributed by atoms with E-state index in [1.807, 2.05) is 11.3 Å². The van der Waals surface area contributed by atoms with E-state index in [1.165, 1.54) is 65.9 Å². The van der Waals surface area contributed by atoms with E-state index >= 15 is 0 Å². The summed E-state index contributed by atoms with van der Waals surface area (Å²) in [5.41, 5.74) is 2.98. The van der Waals surface area contributed by atoms with Gasteiger partial charge in [-0.1, -0.05) is 13.0 Å². The van der Waals surface area contributed by atoms with Crippen molar-refractivity contribution in [3.05, 3.63) is 28.8 Å². The van der Waals surface area contributed by atoms with E-state index < -0.39 is 0 Å². The summed E-state index contributed by atoms with van der Waals surface area (Å²) in [7, 11) is 2.30. The number of aromatic nitrogens is 1. The number of rotatable bonds is 2. The third-order valence-electron chi connectivity index (χ3n) is 7.02. The highest BCUT2D eigenvalue weighted by Crippen LogP contribution is 2.48. The molecule has 3 saturated heterocycles. The van der Waals surface area contributed by atoms with Crippen LogP contribution in [0.3, 0.4) is 0 Å². The first-order chi connectivity index (χ1) is 12.1. The van der Waals surface area contributed by atoms with E-state index in [4.69, 9.17) is 4.98 Å². The van der Waals surface area contributed by atoms with Gasteiger partial charge in [0.2, 0.25) is 0 Å². The minimum Gasteiger partial charge on any atom is -0.310 e. The molecule has 1 saturated carbocycles. The van der Waals surface area contributed by atoms with Crippen molar-refractivity contribution in [1.29, 1.82) is 0 Å². The molecular formula is C21H29N3S. The maximum absolute atomic E-state index is 5.17. The third kappa shape index (κ3) is 2.73. The zero-order valence-electron chi connectivity index (χ0n) is 15.4. The van der Waals surface area contributed by atoms with Crippen LogP contribution in [0.5, 0.6) is 0 Å². The highest BCUT2D eigenvalue weighted by molar-refractivity contribution is 7.18. The SMILES string of the molecule is C[C@H]1CC[C@H](c2ccc3sc(C45CCC(CC4)N(C)C5)nc3c2)NC1. The first-order valence-corrected chi connectivity index (χ1v) is 10.8. The Morgan fingerprint density at radius 3 is 2.76 bits per heavy atom. The van der Waals surface area contributed by atoms with Gasteiger partial charge in [-0.05, 0) is 75.7 Å². The second kappa shape index (κ2) is 6.04. The zero-order valence-corrected chi connectivity index (χ0v) is 16.2. The molecule has 1 aromatic heterocycles. The van der Waals surface area contributed by atoms with Crippen LogP contribution >= 0.6 is 11.3 Å². The number of hydrogen-bond acceptors (Lipinski definition) is 4. The van der Waals surface area contributed by atoms with Gasteiger partial charge in [0, 0.05) is 24.0 Å². The lowest BCUT2D eigenvalue weighted by atomic mass is 9.68. The Morgan fingerprint density at radius 1 is 1.20 bits per heavy atom. The summed E-state index contributed by atoms with van der Waals surface area (Å²) in [5, 5.41) is 5.12. The van der Waals surface area contributed by atoms with Crippen LogP contribution in [0.15, 0.2) is 18.2 Å². The normalized spacial score (nSPS) is 36.2. The molecule has 0 unspecified atom stereocenters. The van der Waals surface area contributed by atoms with Crippen molar-refractivity contribution in [1.82, 2.24) is 15.2 Å². The van der Waals surface area contributed by atoms with Crippen molar-refractivity contribution >= 4 is 21.6 Å². The van der Waals surface area contributed by atoms with Crippen molar-refractivity contribution < 1.29 is 0 Å². The van der Waals surface area contributed by atoms with E-state index in [-0.39, 0.29) is 0 Å². The average Bonchev–Trinajstić information content (AvgIpc) is 3.07. The van der Waals surface area contributed by atoms with Gasteiger partial charge in [0.1, 0.15) is 5.01 Å². The molecule has 2 atom stereocenters. The molecule has 2 aromatic rings. The molecule has 3 aliphatic heterocycles. The van der Waals surface area contributed by atoms with Crippen LogP contribution in [0.1, 0.15) is 62.1 Å². The standard InChI is InChI=1S/C21H29N3S/c1-14-3-5-17(22-12-14)15-4-6-19-18(11-15)23-20(25-19)21-9-7-16(8-10-21)24(2)13-21/h4,6,11,14,16-17,22H,3,5,7-10,12-13H2,1-2H3/t14-,16?,17+,21?/m0/s1. The van der Waals surface area contributed by atoms with Crippen LogP contribution in [0.4, 0.5) is 0 Å². The fraction of sp³-hybridized carbons (Fsp3) is 0.667. The minimum absolute atomic E-state index is 0.325. The predicted octanol–water partition coefficient (Wildman–Crippen LogP) is 4.48. The lowest BCUT2D eigenvalue weighted by molar-refractivity contribution is 0.0460. The van der Waals surface area contributed by atoms with E-state index in [9.17, 15) is 0 Å². The lowest BCUT2D eigenvalue weighted by Gasteiger charge is -2.50. The first-order valence-electron chi connectivity index (χ1n) is 9.98. The van der Waals surface area contributed by atoms with Crippen molar-refractivity contribution in [3.8, 4) is 0 Å². The number of fused-ring (bicyclic) bond motifs is 4. The van der Waals surface area contributed by atoms with E-state index in [1.54, 1.807) is 0 Å². The Balaban J connectivity index is 1.46. The van der Waals surface area contributed by atoms with Gasteiger partial charge in [-0.15, -0.1) is 11.3 Å². The summed E-state index contributed by atoms with van der Waals surface area (Å²) < 4.78 is 1.37. The summed E-state index contributed by atoms with van der Waals surface area (Å²) >= 11 is 1.95. The predicted molar refractivity (Wildman–Crippen MR) is 105 cm³/mol. The van der Waals surface area contributed by atoms with Crippen LogP contribution in [0.2, 0.25) is 0 Å². The van der Waals surface area contributed by atoms with Gasteiger partial charge < -0.3 is 10.2 Å². The quantitative estimate of drug-likeness (QED) is 0.861. The number of hydrogen-bond donors (Lipinski definition) is 1. The Kier molecular flexibility index (Phi) is 3.92. The van der Waals surface area contributed by atoms with Gasteiger partial charge in [-0.25, -0.2) is 4.98 Å². The van der Waals surface area contributed by atoms with Crippen LogP contribution in [-0.4, -0.2) is 36.1 Å². The highest BCUT2D eigenvalue weighted by Gasteiger charge is 2.46. The molecule has 0 amide bonds. The lowest BCUT2D eigenvalue weighted by Crippen LogP contribution is -2.54. The number of piperidine rings is 3.